The summed E-state index contributed by atoms with van der Waals surface area (Å²) in [4.78, 5) is 61.0. The summed E-state index contributed by atoms with van der Waals surface area (Å²) >= 11 is 13.1. The summed E-state index contributed by atoms with van der Waals surface area (Å²) in [6.07, 6.45) is 2.47. The second-order valence-electron chi connectivity index (χ2n) is 9.77. The van der Waals surface area contributed by atoms with Crippen LogP contribution in [0.4, 0.5) is 11.4 Å². The molecule has 0 aromatic heterocycles. The minimum absolute atomic E-state index is 0.0797. The second kappa shape index (κ2) is 10.9. The van der Waals surface area contributed by atoms with Gasteiger partial charge in [0.05, 0.1) is 26.0 Å². The Balaban J connectivity index is 1.62. The highest BCUT2D eigenvalue weighted by molar-refractivity contribution is 6.37. The number of rotatable bonds is 7. The van der Waals surface area contributed by atoms with Gasteiger partial charge < -0.3 is 14.7 Å². The number of nitro groups is 2. The minimum atomic E-state index is -1.09. The molecule has 0 unspecified atom stereocenters. The number of carbonyl (C=O) groups is 3. The number of benzene rings is 2. The normalized spacial score (nSPS) is 17.4. The Labute approximate surface area is 242 Å². The summed E-state index contributed by atoms with van der Waals surface area (Å²) in [5.74, 6) is -2.82. The highest BCUT2D eigenvalue weighted by atomic mass is 35.5. The van der Waals surface area contributed by atoms with Crippen LogP contribution in [0.15, 0.2) is 52.9 Å². The molecule has 1 heterocycles. The Morgan fingerprint density at radius 3 is 1.98 bits per heavy atom. The van der Waals surface area contributed by atoms with E-state index < -0.39 is 33.1 Å². The molecule has 0 saturated carbocycles. The largest absolute Gasteiger partial charge is 0.480 e. The van der Waals surface area contributed by atoms with Crippen molar-refractivity contribution in [3.05, 3.63) is 88.7 Å². The Hall–Kier alpha value is -4.29. The van der Waals surface area contributed by atoms with Gasteiger partial charge >= 0.3 is 11.7 Å². The van der Waals surface area contributed by atoms with E-state index in [0.29, 0.717) is 53.8 Å². The standard InChI is InChI=1S/C27H21Cl2N3O9/c28-15-9-13(10-16(29)27(15)41-22-8-7-14(31(37)38)11-19(22)32(39)40)24-25-17(3-1-5-20(25)33)30(12-23(35)36)18-4-2-6-21(34)26(18)24/h7-11,24H,1-6,12H2,(H,35,36). The Morgan fingerprint density at radius 2 is 1.49 bits per heavy atom. The van der Waals surface area contributed by atoms with Crippen LogP contribution in [0, 0.1) is 20.2 Å². The van der Waals surface area contributed by atoms with E-state index in [1.54, 1.807) is 4.90 Å². The van der Waals surface area contributed by atoms with E-state index in [2.05, 4.69) is 0 Å². The number of ether oxygens (including phenoxy) is 1. The number of hydrogen-bond donors (Lipinski definition) is 1. The van der Waals surface area contributed by atoms with Gasteiger partial charge in [-0.25, -0.2) is 0 Å². The number of nitrogens with zero attached hydrogens (tertiary/aromatic N) is 3. The van der Waals surface area contributed by atoms with Crippen LogP contribution in [0.1, 0.15) is 50.0 Å². The quantitative estimate of drug-likeness (QED) is 0.288. The number of non-ortho nitro benzene ring substituents is 1. The first-order valence-electron chi connectivity index (χ1n) is 12.6. The lowest BCUT2D eigenvalue weighted by Crippen LogP contribution is -2.41. The first-order valence-corrected chi connectivity index (χ1v) is 13.3. The molecule has 3 aliphatic rings. The van der Waals surface area contributed by atoms with E-state index in [1.165, 1.54) is 12.1 Å². The molecule has 0 bridgehead atoms. The molecule has 2 aromatic rings. The highest BCUT2D eigenvalue weighted by Crippen LogP contribution is 2.51. The second-order valence-corrected chi connectivity index (χ2v) is 10.6. The van der Waals surface area contributed by atoms with Crippen molar-refractivity contribution in [3.63, 3.8) is 0 Å². The number of hydrogen-bond acceptors (Lipinski definition) is 9. The van der Waals surface area contributed by atoms with Crippen molar-refractivity contribution in [2.75, 3.05) is 6.54 Å². The Kier molecular flexibility index (Phi) is 7.54. The topological polar surface area (TPSA) is 170 Å². The number of halogens is 2. The van der Waals surface area contributed by atoms with Gasteiger partial charge in [-0.1, -0.05) is 23.2 Å². The van der Waals surface area contributed by atoms with Crippen molar-refractivity contribution >= 4 is 52.1 Å². The molecule has 2 aliphatic carbocycles. The van der Waals surface area contributed by atoms with E-state index in [0.717, 1.165) is 18.2 Å². The fraction of sp³-hybridized carbons (Fsp3) is 0.296. The third kappa shape index (κ3) is 5.16. The highest BCUT2D eigenvalue weighted by Gasteiger charge is 2.44. The van der Waals surface area contributed by atoms with Crippen LogP contribution in [-0.2, 0) is 14.4 Å². The van der Waals surface area contributed by atoms with Gasteiger partial charge in [-0.05, 0) is 49.4 Å². The molecule has 0 fully saturated rings. The zero-order valence-corrected chi connectivity index (χ0v) is 22.7. The van der Waals surface area contributed by atoms with Crippen LogP contribution in [-0.4, -0.2) is 43.9 Å². The van der Waals surface area contributed by atoms with Crippen molar-refractivity contribution in [2.24, 2.45) is 0 Å². The predicted octanol–water partition coefficient (Wildman–Crippen LogP) is 6.10. The number of nitro benzene ring substituents is 2. The molecule has 12 nitrogen and oxygen atoms in total. The molecular weight excluding hydrogens is 581 g/mol. The minimum Gasteiger partial charge on any atom is -0.480 e. The van der Waals surface area contributed by atoms with Gasteiger partial charge in [-0.2, -0.15) is 0 Å². The number of allylic oxidation sites excluding steroid dienone is 4. The summed E-state index contributed by atoms with van der Waals surface area (Å²) in [5, 5.41) is 32.1. The number of carbonyl (C=O) groups excluding carboxylic acids is 2. The SMILES string of the molecule is O=C(O)CN1C2=C(C(=O)CCC2)C(c2cc(Cl)c(Oc3ccc([N+](=O)[O-])cc3[N+](=O)[O-])c(Cl)c2)C2=C1CCCC2=O. The first-order chi connectivity index (χ1) is 19.5. The van der Waals surface area contributed by atoms with Gasteiger partial charge in [0.2, 0.25) is 5.75 Å². The molecule has 0 amide bonds. The van der Waals surface area contributed by atoms with Crippen LogP contribution in [0.2, 0.25) is 10.0 Å². The van der Waals surface area contributed by atoms with Gasteiger partial charge in [0.25, 0.3) is 5.69 Å². The number of Topliss-reactive ketones (excluding diaryl/α,β-unsaturated/α-hetero) is 2. The van der Waals surface area contributed by atoms with Crippen molar-refractivity contribution in [1.82, 2.24) is 4.90 Å². The maximum absolute atomic E-state index is 13.3. The molecule has 14 heteroatoms. The fourth-order valence-corrected chi connectivity index (χ4v) is 6.26. The van der Waals surface area contributed by atoms with Gasteiger partial charge in [-0.3, -0.25) is 34.6 Å². The summed E-state index contributed by atoms with van der Waals surface area (Å²) in [5.41, 5.74) is 1.02. The van der Waals surface area contributed by atoms with Gasteiger partial charge in [0, 0.05) is 47.4 Å². The fourth-order valence-electron chi connectivity index (χ4n) is 5.68. The average molecular weight is 602 g/mol. The lowest BCUT2D eigenvalue weighted by atomic mass is 9.71. The van der Waals surface area contributed by atoms with Crippen molar-refractivity contribution < 1.29 is 34.1 Å². The summed E-state index contributed by atoms with van der Waals surface area (Å²) < 4.78 is 5.67. The number of carboxylic acid groups (broad SMARTS) is 1. The smallest absolute Gasteiger partial charge is 0.323 e. The third-order valence-electron chi connectivity index (χ3n) is 7.30. The molecular formula is C27H21Cl2N3O9. The van der Waals surface area contributed by atoms with Crippen LogP contribution >= 0.6 is 23.2 Å². The van der Waals surface area contributed by atoms with Crippen LogP contribution < -0.4 is 4.74 Å². The van der Waals surface area contributed by atoms with E-state index in [4.69, 9.17) is 27.9 Å². The van der Waals surface area contributed by atoms with Gasteiger partial charge in [0.15, 0.2) is 17.3 Å². The molecule has 1 N–H and O–H groups in total. The zero-order chi connectivity index (χ0) is 29.6. The van der Waals surface area contributed by atoms with Crippen molar-refractivity contribution in [1.29, 1.82) is 0 Å². The third-order valence-corrected chi connectivity index (χ3v) is 7.86. The molecule has 0 saturated heterocycles. The summed E-state index contributed by atoms with van der Waals surface area (Å²) in [7, 11) is 0. The van der Waals surface area contributed by atoms with Crippen LogP contribution in [0.5, 0.6) is 11.5 Å². The lowest BCUT2D eigenvalue weighted by molar-refractivity contribution is -0.394. The summed E-state index contributed by atoms with van der Waals surface area (Å²) in [6.45, 7) is -0.382. The molecule has 41 heavy (non-hydrogen) atoms. The zero-order valence-electron chi connectivity index (χ0n) is 21.2. The molecule has 0 atom stereocenters. The van der Waals surface area contributed by atoms with Gasteiger partial charge in [0.1, 0.15) is 6.54 Å². The van der Waals surface area contributed by atoms with Gasteiger partial charge in [-0.15, -0.1) is 0 Å². The predicted molar refractivity (Wildman–Crippen MR) is 145 cm³/mol. The van der Waals surface area contributed by atoms with Crippen LogP contribution in [0.25, 0.3) is 0 Å². The van der Waals surface area contributed by atoms with E-state index >= 15 is 0 Å². The Morgan fingerprint density at radius 1 is 0.927 bits per heavy atom. The van der Waals surface area contributed by atoms with E-state index in [1.807, 2.05) is 0 Å². The van der Waals surface area contributed by atoms with Crippen LogP contribution in [0.3, 0.4) is 0 Å². The number of carboxylic acids is 1. The van der Waals surface area contributed by atoms with Crippen molar-refractivity contribution in [3.8, 4) is 11.5 Å². The molecule has 212 valence electrons. The average Bonchev–Trinajstić information content (AvgIpc) is 2.91. The monoisotopic (exact) mass is 601 g/mol. The first kappa shape index (κ1) is 28.2. The van der Waals surface area contributed by atoms with E-state index in [-0.39, 0.29) is 52.5 Å². The molecule has 5 rings (SSSR count). The van der Waals surface area contributed by atoms with Crippen molar-refractivity contribution in [2.45, 2.75) is 44.4 Å². The number of aliphatic carboxylic acids is 1. The Bertz CT molecular complexity index is 1550. The molecule has 0 radical (unpaired) electrons. The number of ketones is 2. The van der Waals surface area contributed by atoms with E-state index in [9.17, 15) is 39.7 Å². The summed E-state index contributed by atoms with van der Waals surface area (Å²) in [6, 6.07) is 5.76. The lowest BCUT2D eigenvalue weighted by Gasteiger charge is -2.43. The molecule has 1 aliphatic heterocycles. The molecule has 0 spiro atoms. The molecule has 2 aromatic carbocycles. The maximum Gasteiger partial charge on any atom is 0.323 e. The maximum atomic E-state index is 13.3.